The van der Waals surface area contributed by atoms with Crippen molar-refractivity contribution >= 4 is 17.6 Å². The van der Waals surface area contributed by atoms with Crippen LogP contribution in [-0.4, -0.2) is 18.5 Å². The van der Waals surface area contributed by atoms with Crippen LogP contribution < -0.4 is 15.4 Å². The molecule has 2 aromatic rings. The van der Waals surface area contributed by atoms with Crippen molar-refractivity contribution in [3.8, 4) is 5.75 Å². The van der Waals surface area contributed by atoms with E-state index in [2.05, 4.69) is 10.6 Å². The fraction of sp³-hybridized carbons (Fsp3) is 0.176. The first-order valence-corrected chi connectivity index (χ1v) is 6.90. The Hall–Kier alpha value is -2.82. The predicted molar refractivity (Wildman–Crippen MR) is 85.0 cm³/mol. The van der Waals surface area contributed by atoms with E-state index in [0.717, 1.165) is 11.1 Å². The van der Waals surface area contributed by atoms with Gasteiger partial charge in [-0.1, -0.05) is 35.9 Å². The zero-order valence-electron chi connectivity index (χ0n) is 12.6. The molecule has 0 aliphatic heterocycles. The maximum absolute atomic E-state index is 11.8. The second-order valence-corrected chi connectivity index (χ2v) is 4.92. The van der Waals surface area contributed by atoms with Crippen LogP contribution in [0.3, 0.4) is 0 Å². The molecule has 0 saturated carbocycles. The van der Waals surface area contributed by atoms with Crippen LogP contribution in [0, 0.1) is 13.8 Å². The van der Waals surface area contributed by atoms with Crippen molar-refractivity contribution in [2.75, 3.05) is 11.9 Å². The highest BCUT2D eigenvalue weighted by Gasteiger charge is 2.09. The summed E-state index contributed by atoms with van der Waals surface area (Å²) >= 11 is 0. The number of amides is 3. The Morgan fingerprint density at radius 2 is 1.77 bits per heavy atom. The highest BCUT2D eigenvalue weighted by Crippen LogP contribution is 2.15. The van der Waals surface area contributed by atoms with Gasteiger partial charge in [0.05, 0.1) is 0 Å². The smallest absolute Gasteiger partial charge is 0.325 e. The number of aryl methyl sites for hydroxylation is 2. The van der Waals surface area contributed by atoms with E-state index in [4.69, 9.17) is 4.74 Å². The van der Waals surface area contributed by atoms with Gasteiger partial charge in [-0.05, 0) is 37.6 Å². The molecule has 0 bridgehead atoms. The first-order chi connectivity index (χ1) is 10.5. The molecule has 3 amide bonds. The van der Waals surface area contributed by atoms with Gasteiger partial charge in [-0.25, -0.2) is 4.79 Å². The van der Waals surface area contributed by atoms with Gasteiger partial charge in [-0.2, -0.15) is 0 Å². The van der Waals surface area contributed by atoms with E-state index in [1.807, 2.05) is 32.0 Å². The van der Waals surface area contributed by atoms with E-state index in [0.29, 0.717) is 11.4 Å². The van der Waals surface area contributed by atoms with Crippen LogP contribution in [0.4, 0.5) is 10.5 Å². The summed E-state index contributed by atoms with van der Waals surface area (Å²) in [6, 6.07) is 14.0. The summed E-state index contributed by atoms with van der Waals surface area (Å²) in [6.07, 6.45) is 0. The number of anilines is 1. The highest BCUT2D eigenvalue weighted by molar-refractivity contribution is 6.01. The molecule has 2 aromatic carbocycles. The van der Waals surface area contributed by atoms with E-state index in [1.54, 1.807) is 30.3 Å². The number of carbonyl (C=O) groups excluding carboxylic acids is 2. The van der Waals surface area contributed by atoms with Gasteiger partial charge < -0.3 is 10.1 Å². The molecule has 0 radical (unpaired) electrons. The minimum absolute atomic E-state index is 0.218. The molecule has 5 nitrogen and oxygen atoms in total. The minimum atomic E-state index is -0.575. The quantitative estimate of drug-likeness (QED) is 0.911. The maximum Gasteiger partial charge on any atom is 0.325 e. The van der Waals surface area contributed by atoms with E-state index >= 15 is 0 Å². The summed E-state index contributed by atoms with van der Waals surface area (Å²) in [4.78, 5) is 23.4. The summed E-state index contributed by atoms with van der Waals surface area (Å²) in [5.41, 5.74) is 2.71. The lowest BCUT2D eigenvalue weighted by Gasteiger charge is -2.10. The normalized spacial score (nSPS) is 9.91. The average molecular weight is 298 g/mol. The zero-order valence-corrected chi connectivity index (χ0v) is 12.6. The van der Waals surface area contributed by atoms with Crippen molar-refractivity contribution in [2.45, 2.75) is 13.8 Å². The van der Waals surface area contributed by atoms with E-state index in [9.17, 15) is 9.59 Å². The van der Waals surface area contributed by atoms with Crippen molar-refractivity contribution in [1.29, 1.82) is 0 Å². The Labute approximate surface area is 129 Å². The Kier molecular flexibility index (Phi) is 5.14. The highest BCUT2D eigenvalue weighted by atomic mass is 16.5. The topological polar surface area (TPSA) is 67.4 Å². The first-order valence-electron chi connectivity index (χ1n) is 6.90. The van der Waals surface area contributed by atoms with Gasteiger partial charge in [0.2, 0.25) is 0 Å². The monoisotopic (exact) mass is 298 g/mol. The van der Waals surface area contributed by atoms with E-state index < -0.39 is 11.9 Å². The Balaban J connectivity index is 1.82. The third-order valence-corrected chi connectivity index (χ3v) is 3.00. The lowest BCUT2D eigenvalue weighted by atomic mass is 10.1. The standard InChI is InChI=1S/C17H18N2O3/c1-12-8-9-15(13(2)10-12)18-17(21)19-16(20)11-22-14-6-4-3-5-7-14/h3-10H,11H2,1-2H3,(H2,18,19,20,21). The molecule has 5 heteroatoms. The molecule has 0 aromatic heterocycles. The lowest BCUT2D eigenvalue weighted by molar-refractivity contribution is -0.121. The van der Waals surface area contributed by atoms with Crippen molar-refractivity contribution in [2.24, 2.45) is 0 Å². The van der Waals surface area contributed by atoms with Gasteiger partial charge in [-0.15, -0.1) is 0 Å². The molecule has 0 saturated heterocycles. The number of urea groups is 1. The van der Waals surface area contributed by atoms with E-state index in [-0.39, 0.29) is 6.61 Å². The van der Waals surface area contributed by atoms with Crippen LogP contribution in [0.1, 0.15) is 11.1 Å². The molecule has 114 valence electrons. The van der Waals surface area contributed by atoms with Gasteiger partial charge in [0, 0.05) is 5.69 Å². The van der Waals surface area contributed by atoms with Gasteiger partial charge in [0.25, 0.3) is 5.91 Å². The van der Waals surface area contributed by atoms with Gasteiger partial charge in [0.1, 0.15) is 5.75 Å². The second kappa shape index (κ2) is 7.26. The average Bonchev–Trinajstić information content (AvgIpc) is 2.49. The van der Waals surface area contributed by atoms with Crippen LogP contribution in [0.2, 0.25) is 0 Å². The number of rotatable bonds is 4. The fourth-order valence-electron chi connectivity index (χ4n) is 1.94. The molecule has 2 N–H and O–H groups in total. The molecule has 0 atom stereocenters. The van der Waals surface area contributed by atoms with Gasteiger partial charge in [0.15, 0.2) is 6.61 Å². The molecule has 0 aliphatic carbocycles. The minimum Gasteiger partial charge on any atom is -0.484 e. The third kappa shape index (κ3) is 4.63. The molecule has 22 heavy (non-hydrogen) atoms. The molecular weight excluding hydrogens is 280 g/mol. The molecule has 2 rings (SSSR count). The number of benzene rings is 2. The number of hydrogen-bond donors (Lipinski definition) is 2. The largest absolute Gasteiger partial charge is 0.484 e. The van der Waals surface area contributed by atoms with Crippen LogP contribution in [0.25, 0.3) is 0 Å². The van der Waals surface area contributed by atoms with Crippen molar-refractivity contribution < 1.29 is 14.3 Å². The van der Waals surface area contributed by atoms with Crippen LogP contribution in [0.5, 0.6) is 5.75 Å². The van der Waals surface area contributed by atoms with Gasteiger partial charge in [-0.3, -0.25) is 10.1 Å². The Morgan fingerprint density at radius 1 is 1.05 bits per heavy atom. The van der Waals surface area contributed by atoms with Crippen molar-refractivity contribution in [3.05, 3.63) is 59.7 Å². The predicted octanol–water partition coefficient (Wildman–Crippen LogP) is 3.03. The molecule has 0 fully saturated rings. The second-order valence-electron chi connectivity index (χ2n) is 4.92. The van der Waals surface area contributed by atoms with Crippen LogP contribution in [-0.2, 0) is 4.79 Å². The van der Waals surface area contributed by atoms with E-state index in [1.165, 1.54) is 0 Å². The Bertz CT molecular complexity index is 669. The van der Waals surface area contributed by atoms with Crippen molar-refractivity contribution in [1.82, 2.24) is 5.32 Å². The summed E-state index contributed by atoms with van der Waals surface area (Å²) in [7, 11) is 0. The number of nitrogens with one attached hydrogen (secondary N) is 2. The molecule has 0 spiro atoms. The first kappa shape index (κ1) is 15.6. The SMILES string of the molecule is Cc1ccc(NC(=O)NC(=O)COc2ccccc2)c(C)c1. The number of ether oxygens (including phenoxy) is 1. The fourth-order valence-corrected chi connectivity index (χ4v) is 1.94. The molecule has 0 heterocycles. The van der Waals surface area contributed by atoms with Gasteiger partial charge >= 0.3 is 6.03 Å². The van der Waals surface area contributed by atoms with Crippen LogP contribution >= 0.6 is 0 Å². The number of carbonyl (C=O) groups is 2. The summed E-state index contributed by atoms with van der Waals surface area (Å²) in [5, 5.41) is 4.87. The zero-order chi connectivity index (χ0) is 15.9. The molecular formula is C17H18N2O3. The number of para-hydroxylation sites is 1. The number of hydrogen-bond acceptors (Lipinski definition) is 3. The maximum atomic E-state index is 11.8. The summed E-state index contributed by atoms with van der Waals surface area (Å²) in [5.74, 6) is 0.0681. The Morgan fingerprint density at radius 3 is 2.45 bits per heavy atom. The number of imide groups is 1. The van der Waals surface area contributed by atoms with Crippen LogP contribution in [0.15, 0.2) is 48.5 Å². The lowest BCUT2D eigenvalue weighted by Crippen LogP contribution is -2.37. The molecule has 0 unspecified atom stereocenters. The third-order valence-electron chi connectivity index (χ3n) is 3.00. The summed E-state index contributed by atoms with van der Waals surface area (Å²) in [6.45, 7) is 3.65. The van der Waals surface area contributed by atoms with Crippen molar-refractivity contribution in [3.63, 3.8) is 0 Å². The molecule has 0 aliphatic rings. The summed E-state index contributed by atoms with van der Waals surface area (Å²) < 4.78 is 5.27.